The largest absolute Gasteiger partial charge is 0.481 e. The Labute approximate surface area is 149 Å². The summed E-state index contributed by atoms with van der Waals surface area (Å²) in [5.41, 5.74) is 2.06. The van der Waals surface area contributed by atoms with Crippen LogP contribution in [0.25, 0.3) is 10.6 Å². The Kier molecular flexibility index (Phi) is 4.33. The number of thiophene rings is 1. The van der Waals surface area contributed by atoms with Gasteiger partial charge in [0.05, 0.1) is 16.5 Å². The lowest BCUT2D eigenvalue weighted by atomic mass is 9.90. The molecule has 2 atom stereocenters. The fraction of sp³-hybridized carbons (Fsp3) is 0.278. The fourth-order valence-corrected chi connectivity index (χ4v) is 4.46. The Hall–Kier alpha value is -2.51. The Morgan fingerprint density at radius 3 is 2.76 bits per heavy atom. The van der Waals surface area contributed by atoms with Crippen LogP contribution < -0.4 is 0 Å². The number of H-pyrrole nitrogens is 1. The summed E-state index contributed by atoms with van der Waals surface area (Å²) in [6, 6.07) is 9.98. The number of nitrogens with zero attached hydrogens (tertiary/aromatic N) is 3. The molecule has 25 heavy (non-hydrogen) atoms. The summed E-state index contributed by atoms with van der Waals surface area (Å²) in [5, 5.41) is 16.6. The summed E-state index contributed by atoms with van der Waals surface area (Å²) < 4.78 is 0. The zero-order chi connectivity index (χ0) is 17.2. The van der Waals surface area contributed by atoms with Gasteiger partial charge in [-0.05, 0) is 35.9 Å². The number of nitrogens with one attached hydrogen (secondary N) is 1. The van der Waals surface area contributed by atoms with Gasteiger partial charge < -0.3 is 5.11 Å². The van der Waals surface area contributed by atoms with Crippen molar-refractivity contribution in [3.63, 3.8) is 0 Å². The maximum absolute atomic E-state index is 11.7. The van der Waals surface area contributed by atoms with Gasteiger partial charge in [-0.25, -0.2) is 0 Å². The Balaban J connectivity index is 1.49. The highest BCUT2D eigenvalue weighted by Crippen LogP contribution is 2.35. The van der Waals surface area contributed by atoms with Gasteiger partial charge in [0.1, 0.15) is 0 Å². The van der Waals surface area contributed by atoms with Gasteiger partial charge in [-0.1, -0.05) is 0 Å². The number of hydrogen-bond donors (Lipinski definition) is 2. The second-order valence-electron chi connectivity index (χ2n) is 6.26. The smallest absolute Gasteiger partial charge is 0.308 e. The van der Waals surface area contributed by atoms with Crippen LogP contribution in [0.5, 0.6) is 0 Å². The van der Waals surface area contributed by atoms with Crippen LogP contribution in [0.3, 0.4) is 0 Å². The van der Waals surface area contributed by atoms with Crippen molar-refractivity contribution in [3.05, 3.63) is 59.4 Å². The van der Waals surface area contributed by atoms with Crippen LogP contribution >= 0.6 is 11.3 Å². The minimum atomic E-state index is -0.728. The minimum Gasteiger partial charge on any atom is -0.481 e. The molecule has 0 radical (unpaired) electrons. The van der Waals surface area contributed by atoms with E-state index in [-0.39, 0.29) is 11.8 Å². The molecule has 0 aromatic carbocycles. The van der Waals surface area contributed by atoms with Crippen molar-refractivity contribution in [3.8, 4) is 10.6 Å². The zero-order valence-corrected chi connectivity index (χ0v) is 14.3. The molecule has 4 heterocycles. The van der Waals surface area contributed by atoms with Crippen molar-refractivity contribution >= 4 is 17.3 Å². The third kappa shape index (κ3) is 3.33. The summed E-state index contributed by atoms with van der Waals surface area (Å²) in [5.74, 6) is -1.10. The molecule has 1 aliphatic rings. The number of hydrogen-bond acceptors (Lipinski definition) is 5. The maximum Gasteiger partial charge on any atom is 0.308 e. The molecule has 2 N–H and O–H groups in total. The predicted octanol–water partition coefficient (Wildman–Crippen LogP) is 2.83. The molecule has 1 aliphatic heterocycles. The van der Waals surface area contributed by atoms with E-state index in [9.17, 15) is 9.90 Å². The van der Waals surface area contributed by atoms with E-state index in [0.29, 0.717) is 6.54 Å². The third-order valence-corrected chi connectivity index (χ3v) is 5.76. The summed E-state index contributed by atoms with van der Waals surface area (Å²) in [7, 11) is 0. The third-order valence-electron chi connectivity index (χ3n) is 4.65. The van der Waals surface area contributed by atoms with Crippen molar-refractivity contribution < 1.29 is 9.90 Å². The maximum atomic E-state index is 11.7. The highest BCUT2D eigenvalue weighted by atomic mass is 32.1. The molecule has 7 heteroatoms. The molecule has 0 spiro atoms. The van der Waals surface area contributed by atoms with Crippen LogP contribution in [0.1, 0.15) is 16.4 Å². The van der Waals surface area contributed by atoms with E-state index < -0.39 is 5.97 Å². The van der Waals surface area contributed by atoms with Crippen LogP contribution in [0.2, 0.25) is 0 Å². The van der Waals surface area contributed by atoms with Crippen molar-refractivity contribution in [1.82, 2.24) is 20.1 Å². The van der Waals surface area contributed by atoms with Crippen LogP contribution in [0.4, 0.5) is 0 Å². The van der Waals surface area contributed by atoms with Crippen molar-refractivity contribution in [2.45, 2.75) is 12.5 Å². The quantitative estimate of drug-likeness (QED) is 0.736. The van der Waals surface area contributed by atoms with Crippen molar-refractivity contribution in [2.24, 2.45) is 5.92 Å². The highest BCUT2D eigenvalue weighted by molar-refractivity contribution is 7.15. The van der Waals surface area contributed by atoms with Crippen LogP contribution in [0, 0.1) is 5.92 Å². The Morgan fingerprint density at radius 2 is 2.04 bits per heavy atom. The first-order valence-electron chi connectivity index (χ1n) is 8.14. The van der Waals surface area contributed by atoms with Crippen LogP contribution in [-0.2, 0) is 11.3 Å². The fourth-order valence-electron chi connectivity index (χ4n) is 3.43. The molecule has 3 aromatic rings. The van der Waals surface area contributed by atoms with Gasteiger partial charge >= 0.3 is 5.97 Å². The SMILES string of the molecule is O=C(O)[C@@H]1CN(Cc2ccc(-c3ccn[nH]3)s2)C[C@H]1c1ccncc1. The summed E-state index contributed by atoms with van der Waals surface area (Å²) in [6.07, 6.45) is 5.20. The number of carboxylic acids is 1. The molecule has 1 saturated heterocycles. The molecule has 1 fully saturated rings. The van der Waals surface area contributed by atoms with Crippen molar-refractivity contribution in [1.29, 1.82) is 0 Å². The van der Waals surface area contributed by atoms with Gasteiger partial charge in [-0.2, -0.15) is 5.10 Å². The normalized spacial score (nSPS) is 20.8. The second-order valence-corrected chi connectivity index (χ2v) is 7.43. The highest BCUT2D eigenvalue weighted by Gasteiger charge is 2.38. The molecule has 0 unspecified atom stereocenters. The molecular formula is C18H18N4O2S. The van der Waals surface area contributed by atoms with E-state index >= 15 is 0 Å². The predicted molar refractivity (Wildman–Crippen MR) is 95.3 cm³/mol. The molecule has 0 amide bonds. The number of aromatic amines is 1. The van der Waals surface area contributed by atoms with E-state index in [0.717, 1.165) is 29.2 Å². The monoisotopic (exact) mass is 354 g/mol. The van der Waals surface area contributed by atoms with Crippen LogP contribution in [0.15, 0.2) is 48.9 Å². The van der Waals surface area contributed by atoms with E-state index in [2.05, 4.69) is 32.2 Å². The van der Waals surface area contributed by atoms with E-state index in [4.69, 9.17) is 0 Å². The summed E-state index contributed by atoms with van der Waals surface area (Å²) in [6.45, 7) is 2.09. The Morgan fingerprint density at radius 1 is 1.20 bits per heavy atom. The van der Waals surface area contributed by atoms with E-state index in [1.807, 2.05) is 18.2 Å². The lowest BCUT2D eigenvalue weighted by Crippen LogP contribution is -2.22. The molecule has 0 saturated carbocycles. The zero-order valence-electron chi connectivity index (χ0n) is 13.5. The topological polar surface area (TPSA) is 82.1 Å². The average molecular weight is 354 g/mol. The molecular weight excluding hydrogens is 336 g/mol. The minimum absolute atomic E-state index is 0.00698. The molecule has 4 rings (SSSR count). The average Bonchev–Trinajstić information content (AvgIpc) is 3.36. The van der Waals surface area contributed by atoms with Gasteiger partial charge in [-0.3, -0.25) is 19.8 Å². The van der Waals surface area contributed by atoms with Gasteiger partial charge in [-0.15, -0.1) is 11.3 Å². The molecule has 128 valence electrons. The van der Waals surface area contributed by atoms with Gasteiger partial charge in [0.2, 0.25) is 0 Å². The number of likely N-dealkylation sites (tertiary alicyclic amines) is 1. The summed E-state index contributed by atoms with van der Waals surface area (Å²) in [4.78, 5) is 20.3. The van der Waals surface area contributed by atoms with Gasteiger partial charge in [0, 0.05) is 49.0 Å². The molecule has 6 nitrogen and oxygen atoms in total. The Bertz CT molecular complexity index is 847. The van der Waals surface area contributed by atoms with Crippen LogP contribution in [-0.4, -0.2) is 44.2 Å². The lowest BCUT2D eigenvalue weighted by Gasteiger charge is -2.15. The molecule has 0 aliphatic carbocycles. The lowest BCUT2D eigenvalue weighted by molar-refractivity contribution is -0.141. The second kappa shape index (κ2) is 6.78. The number of carboxylic acid groups (broad SMARTS) is 1. The van der Waals surface area contributed by atoms with Crippen molar-refractivity contribution in [2.75, 3.05) is 13.1 Å². The number of rotatable bonds is 5. The number of pyridine rings is 1. The number of aromatic nitrogens is 3. The first kappa shape index (κ1) is 16.0. The van der Waals surface area contributed by atoms with E-state index in [1.54, 1.807) is 29.9 Å². The van der Waals surface area contributed by atoms with Gasteiger partial charge in [0.15, 0.2) is 0 Å². The number of carbonyl (C=O) groups is 1. The number of aliphatic carboxylic acids is 1. The van der Waals surface area contributed by atoms with Gasteiger partial charge in [0.25, 0.3) is 0 Å². The first-order valence-corrected chi connectivity index (χ1v) is 8.96. The summed E-state index contributed by atoms with van der Waals surface area (Å²) >= 11 is 1.71. The van der Waals surface area contributed by atoms with E-state index in [1.165, 1.54) is 4.88 Å². The standard InChI is InChI=1S/C18H18N4O2S/c23-18(24)15-11-22(10-14(15)12-3-6-19-7-4-12)9-13-1-2-17(25-13)16-5-8-20-21-16/h1-8,14-15H,9-11H2,(H,20,21)(H,23,24)/t14-,15+/m0/s1. The molecule has 0 bridgehead atoms. The first-order chi connectivity index (χ1) is 12.2. The molecule has 3 aromatic heterocycles.